The molecule has 1 saturated heterocycles. The van der Waals surface area contributed by atoms with E-state index < -0.39 is 6.04 Å². The molecule has 19 heavy (non-hydrogen) atoms. The Morgan fingerprint density at radius 2 is 2.16 bits per heavy atom. The minimum absolute atomic E-state index is 0.134. The number of hydrogen-bond donors (Lipinski definition) is 2. The zero-order valence-corrected chi connectivity index (χ0v) is 10.5. The Labute approximate surface area is 109 Å². The lowest BCUT2D eigenvalue weighted by Crippen LogP contribution is -2.46. The minimum Gasteiger partial charge on any atom is -0.384 e. The summed E-state index contributed by atoms with van der Waals surface area (Å²) in [4.78, 5) is 28.0. The maximum atomic E-state index is 12.1. The molecule has 1 aromatic heterocycles. The summed E-state index contributed by atoms with van der Waals surface area (Å²) < 4.78 is 1.72. The smallest absolute Gasteiger partial charge is 0.282 e. The molecule has 0 spiro atoms. The van der Waals surface area contributed by atoms with E-state index in [1.54, 1.807) is 4.57 Å². The molecule has 0 radical (unpaired) electrons. The number of aliphatic hydroxyl groups is 1. The van der Waals surface area contributed by atoms with Crippen molar-refractivity contribution in [1.82, 2.24) is 9.88 Å². The van der Waals surface area contributed by atoms with Gasteiger partial charge in [-0.05, 0) is 12.1 Å². The van der Waals surface area contributed by atoms with Gasteiger partial charge in [0.15, 0.2) is 17.1 Å². The molecule has 2 heterocycles. The summed E-state index contributed by atoms with van der Waals surface area (Å²) in [6, 6.07) is 6.89. The number of imide groups is 1. The molecule has 1 aliphatic heterocycles. The summed E-state index contributed by atoms with van der Waals surface area (Å²) in [7, 11) is 1.48. The predicted molar refractivity (Wildman–Crippen MR) is 65.8 cm³/mol. The third-order valence-corrected chi connectivity index (χ3v) is 3.55. The van der Waals surface area contributed by atoms with Gasteiger partial charge in [-0.2, -0.15) is 0 Å². The fraction of sp³-hybridized carbons (Fsp3) is 0.308. The van der Waals surface area contributed by atoms with E-state index >= 15 is 0 Å². The molecule has 0 bridgehead atoms. The summed E-state index contributed by atoms with van der Waals surface area (Å²) in [5, 5.41) is 9.44. The lowest BCUT2D eigenvalue weighted by molar-refractivity contribution is -0.691. The molecule has 2 aromatic rings. The van der Waals surface area contributed by atoms with Crippen molar-refractivity contribution in [3.8, 4) is 0 Å². The Hall–Kier alpha value is -2.21. The van der Waals surface area contributed by atoms with E-state index in [-0.39, 0.29) is 24.8 Å². The summed E-state index contributed by atoms with van der Waals surface area (Å²) >= 11 is 0. The van der Waals surface area contributed by atoms with Crippen LogP contribution in [0, 0.1) is 0 Å². The Kier molecular flexibility index (Phi) is 2.60. The number of para-hydroxylation sites is 2. The van der Waals surface area contributed by atoms with Crippen molar-refractivity contribution < 1.29 is 19.3 Å². The molecule has 6 heteroatoms. The van der Waals surface area contributed by atoms with Crippen molar-refractivity contribution in [3.63, 3.8) is 0 Å². The second-order valence-electron chi connectivity index (χ2n) is 4.63. The number of aliphatic hydroxyl groups excluding tert-OH is 1. The molecule has 1 aromatic carbocycles. The van der Waals surface area contributed by atoms with Gasteiger partial charge < -0.3 is 5.11 Å². The highest BCUT2D eigenvalue weighted by Gasteiger charge is 2.42. The zero-order valence-electron chi connectivity index (χ0n) is 10.5. The van der Waals surface area contributed by atoms with Gasteiger partial charge in [0.2, 0.25) is 5.91 Å². The van der Waals surface area contributed by atoms with Gasteiger partial charge in [0.1, 0.15) is 6.61 Å². The summed E-state index contributed by atoms with van der Waals surface area (Å²) in [6.45, 7) is -0.212. The standard InChI is InChI=1S/C13H13N3O3/c1-15-12(18)6-10(13(15)19)16-9-5-3-2-4-8(9)14-11(16)7-17/h2-5,10,17H,6-7H2,1H3/p+1. The molecule has 2 N–H and O–H groups in total. The van der Waals surface area contributed by atoms with Gasteiger partial charge >= 0.3 is 0 Å². The molecule has 6 nitrogen and oxygen atoms in total. The maximum Gasteiger partial charge on any atom is 0.282 e. The summed E-state index contributed by atoms with van der Waals surface area (Å²) in [6.07, 6.45) is 0.134. The highest BCUT2D eigenvalue weighted by molar-refractivity contribution is 6.03. The minimum atomic E-state index is -0.573. The van der Waals surface area contributed by atoms with Gasteiger partial charge in [-0.25, -0.2) is 9.55 Å². The fourth-order valence-electron chi connectivity index (χ4n) is 2.56. The number of nitrogens with one attached hydrogen (secondary N) is 1. The van der Waals surface area contributed by atoms with Gasteiger partial charge in [-0.3, -0.25) is 14.5 Å². The molecule has 1 aliphatic rings. The number of rotatable bonds is 2. The van der Waals surface area contributed by atoms with Crippen LogP contribution in [0.4, 0.5) is 0 Å². The van der Waals surface area contributed by atoms with Gasteiger partial charge in [0, 0.05) is 7.05 Å². The van der Waals surface area contributed by atoms with Crippen LogP contribution in [-0.4, -0.2) is 33.9 Å². The van der Waals surface area contributed by atoms with E-state index in [0.717, 1.165) is 15.9 Å². The topological polar surface area (TPSA) is 77.3 Å². The molecular formula is C13H14N3O3+. The number of likely N-dealkylation sites (tertiary alicyclic amines) is 1. The number of imidazole rings is 1. The number of benzene rings is 1. The quantitative estimate of drug-likeness (QED) is 0.583. The van der Waals surface area contributed by atoms with Crippen molar-refractivity contribution >= 4 is 22.8 Å². The highest BCUT2D eigenvalue weighted by atomic mass is 16.3. The predicted octanol–water partition coefficient (Wildman–Crippen LogP) is -0.123. The number of hydrogen-bond acceptors (Lipinski definition) is 3. The average molecular weight is 260 g/mol. The number of amides is 2. The molecule has 1 atom stereocenters. The van der Waals surface area contributed by atoms with Crippen LogP contribution >= 0.6 is 0 Å². The molecule has 1 unspecified atom stereocenters. The average Bonchev–Trinajstić information content (AvgIpc) is 2.91. The van der Waals surface area contributed by atoms with Gasteiger partial charge in [-0.15, -0.1) is 0 Å². The number of carbonyl (C=O) groups is 2. The van der Waals surface area contributed by atoms with Crippen LogP contribution < -0.4 is 4.57 Å². The Bertz CT molecular complexity index is 677. The van der Waals surface area contributed by atoms with Gasteiger partial charge in [0.05, 0.1) is 6.42 Å². The van der Waals surface area contributed by atoms with Crippen LogP contribution in [0.1, 0.15) is 18.3 Å². The van der Waals surface area contributed by atoms with E-state index in [0.29, 0.717) is 5.82 Å². The molecule has 98 valence electrons. The van der Waals surface area contributed by atoms with Crippen LogP contribution in [0.2, 0.25) is 0 Å². The first-order valence-corrected chi connectivity index (χ1v) is 6.06. The van der Waals surface area contributed by atoms with Gasteiger partial charge in [-0.1, -0.05) is 12.1 Å². The third-order valence-electron chi connectivity index (χ3n) is 3.55. The maximum absolute atomic E-state index is 12.1. The summed E-state index contributed by atoms with van der Waals surface area (Å²) in [5.74, 6) is 0.0915. The second-order valence-corrected chi connectivity index (χ2v) is 4.63. The number of carbonyl (C=O) groups excluding carboxylic acids is 2. The zero-order chi connectivity index (χ0) is 13.6. The highest BCUT2D eigenvalue weighted by Crippen LogP contribution is 2.21. The monoisotopic (exact) mass is 260 g/mol. The summed E-state index contributed by atoms with van der Waals surface area (Å²) in [5.41, 5.74) is 1.65. The van der Waals surface area contributed by atoms with Crippen molar-refractivity contribution in [1.29, 1.82) is 0 Å². The largest absolute Gasteiger partial charge is 0.384 e. The van der Waals surface area contributed by atoms with Crippen molar-refractivity contribution in [3.05, 3.63) is 30.1 Å². The number of nitrogens with zero attached hydrogens (tertiary/aromatic N) is 2. The van der Waals surface area contributed by atoms with E-state index in [1.165, 1.54) is 7.05 Å². The van der Waals surface area contributed by atoms with Crippen LogP contribution in [0.25, 0.3) is 11.0 Å². The molecule has 3 rings (SSSR count). The normalized spacial score (nSPS) is 19.7. The molecule has 0 aliphatic carbocycles. The van der Waals surface area contributed by atoms with Crippen molar-refractivity contribution in [2.45, 2.75) is 19.1 Å². The first kappa shape index (κ1) is 11.9. The lowest BCUT2D eigenvalue weighted by atomic mass is 10.2. The first-order valence-electron chi connectivity index (χ1n) is 6.06. The molecule has 1 fully saturated rings. The number of likely N-dealkylation sites (N-methyl/N-ethyl adjacent to an activating group) is 1. The Morgan fingerprint density at radius 1 is 1.42 bits per heavy atom. The Balaban J connectivity index is 2.19. The fourth-order valence-corrected chi connectivity index (χ4v) is 2.56. The van der Waals surface area contributed by atoms with Gasteiger partial charge in [0.25, 0.3) is 11.7 Å². The number of aromatic nitrogens is 2. The van der Waals surface area contributed by atoms with Crippen molar-refractivity contribution in [2.75, 3.05) is 7.05 Å². The van der Waals surface area contributed by atoms with E-state index in [4.69, 9.17) is 0 Å². The lowest BCUT2D eigenvalue weighted by Gasteiger charge is -2.08. The third kappa shape index (κ3) is 1.64. The van der Waals surface area contributed by atoms with E-state index in [9.17, 15) is 14.7 Å². The number of aromatic amines is 1. The van der Waals surface area contributed by atoms with E-state index in [1.807, 2.05) is 24.3 Å². The van der Waals surface area contributed by atoms with Crippen LogP contribution in [0.5, 0.6) is 0 Å². The molecule has 2 amide bonds. The number of fused-ring (bicyclic) bond motifs is 1. The first-order chi connectivity index (χ1) is 9.13. The molecular weight excluding hydrogens is 246 g/mol. The SMILES string of the molecule is CN1C(=O)CC([n+]2c(CO)[nH]c3ccccc32)C1=O. The van der Waals surface area contributed by atoms with Crippen LogP contribution in [-0.2, 0) is 16.2 Å². The van der Waals surface area contributed by atoms with Crippen LogP contribution in [0.15, 0.2) is 24.3 Å². The van der Waals surface area contributed by atoms with E-state index in [2.05, 4.69) is 4.98 Å². The van der Waals surface area contributed by atoms with Crippen molar-refractivity contribution in [2.24, 2.45) is 0 Å². The number of H-pyrrole nitrogens is 1. The molecule has 0 saturated carbocycles. The Morgan fingerprint density at radius 3 is 2.79 bits per heavy atom. The van der Waals surface area contributed by atoms with Crippen LogP contribution in [0.3, 0.4) is 0 Å². The second kappa shape index (κ2) is 4.17.